The summed E-state index contributed by atoms with van der Waals surface area (Å²) < 4.78 is 2.22. The van der Waals surface area contributed by atoms with Gasteiger partial charge in [0.2, 0.25) is 0 Å². The van der Waals surface area contributed by atoms with Gasteiger partial charge in [-0.2, -0.15) is 0 Å². The van der Waals surface area contributed by atoms with Crippen molar-refractivity contribution in [1.29, 1.82) is 0 Å². The molecule has 4 nitrogen and oxygen atoms in total. The van der Waals surface area contributed by atoms with E-state index in [9.17, 15) is 5.11 Å². The smallest absolute Gasteiger partial charge is 0.142 e. The molecule has 0 bridgehead atoms. The summed E-state index contributed by atoms with van der Waals surface area (Å²) in [7, 11) is 0. The Labute approximate surface area is 170 Å². The molecule has 5 heteroatoms. The molecule has 1 N–H and O–H groups in total. The summed E-state index contributed by atoms with van der Waals surface area (Å²) in [5, 5.41) is 12.5. The van der Waals surface area contributed by atoms with Crippen LogP contribution >= 0.6 is 11.6 Å². The number of benzene rings is 1. The molecule has 2 fully saturated rings. The Kier molecular flexibility index (Phi) is 4.29. The number of hydrogen-bond acceptors (Lipinski definition) is 3. The van der Waals surface area contributed by atoms with E-state index in [0.29, 0.717) is 16.9 Å². The number of aromatic nitrogens is 3. The minimum atomic E-state index is -0.817. The Morgan fingerprint density at radius 2 is 1.61 bits per heavy atom. The van der Waals surface area contributed by atoms with Crippen LogP contribution in [-0.4, -0.2) is 19.6 Å². The van der Waals surface area contributed by atoms with Gasteiger partial charge in [-0.25, -0.2) is 4.98 Å². The maximum absolute atomic E-state index is 11.8. The van der Waals surface area contributed by atoms with E-state index in [0.717, 1.165) is 60.6 Å². The Morgan fingerprint density at radius 1 is 1.00 bits per heavy atom. The van der Waals surface area contributed by atoms with Crippen molar-refractivity contribution in [1.82, 2.24) is 14.5 Å². The highest BCUT2D eigenvalue weighted by atomic mass is 35.5. The summed E-state index contributed by atoms with van der Waals surface area (Å²) in [4.78, 5) is 9.25. The van der Waals surface area contributed by atoms with Gasteiger partial charge in [-0.1, -0.05) is 23.7 Å². The predicted molar refractivity (Wildman–Crippen MR) is 111 cm³/mol. The number of hydrogen-bond donors (Lipinski definition) is 1. The third kappa shape index (κ3) is 2.87. The molecule has 2 saturated carbocycles. The molecule has 2 aliphatic carbocycles. The Hall–Kier alpha value is -2.17. The highest BCUT2D eigenvalue weighted by molar-refractivity contribution is 6.30. The highest BCUT2D eigenvalue weighted by Crippen LogP contribution is 2.58. The van der Waals surface area contributed by atoms with Crippen molar-refractivity contribution in [3.63, 3.8) is 0 Å². The summed E-state index contributed by atoms with van der Waals surface area (Å²) in [5.74, 6) is 1.49. The molecule has 0 spiro atoms. The summed E-state index contributed by atoms with van der Waals surface area (Å²) in [6, 6.07) is 11.9. The zero-order valence-electron chi connectivity index (χ0n) is 16.0. The number of halogens is 1. The monoisotopic (exact) mass is 393 g/mol. The number of imidazole rings is 1. The van der Waals surface area contributed by atoms with Gasteiger partial charge < -0.3 is 9.67 Å². The first-order chi connectivity index (χ1) is 13.6. The average molecular weight is 394 g/mol. The van der Waals surface area contributed by atoms with Gasteiger partial charge in [0.05, 0.1) is 11.4 Å². The van der Waals surface area contributed by atoms with Gasteiger partial charge >= 0.3 is 0 Å². The van der Waals surface area contributed by atoms with E-state index in [-0.39, 0.29) is 0 Å². The van der Waals surface area contributed by atoms with E-state index in [1.807, 2.05) is 36.4 Å². The lowest BCUT2D eigenvalue weighted by atomic mass is 9.90. The standard InChI is InChI=1S/C23H24ClN3O/c1-2-27-21(16-3-9-19(24)10-4-16)20(15-11-13-25-14-12-15)26-22(27)23(28,17-5-6-17)18-7-8-18/h3-4,9-14,17-18,28H,2,5-8H2,1H3. The van der Waals surface area contributed by atoms with Gasteiger partial charge in [-0.05, 0) is 68.7 Å². The lowest BCUT2D eigenvalue weighted by Crippen LogP contribution is -2.34. The normalized spacial score (nSPS) is 17.1. The quantitative estimate of drug-likeness (QED) is 0.618. The first-order valence-corrected chi connectivity index (χ1v) is 10.5. The molecule has 0 unspecified atom stereocenters. The fourth-order valence-corrected chi connectivity index (χ4v) is 4.55. The molecule has 2 heterocycles. The summed E-state index contributed by atoms with van der Waals surface area (Å²) in [5.41, 5.74) is 3.21. The summed E-state index contributed by atoms with van der Waals surface area (Å²) >= 11 is 6.14. The lowest BCUT2D eigenvalue weighted by molar-refractivity contribution is -0.0215. The SMILES string of the molecule is CCn1c(C(O)(C2CC2)C2CC2)nc(-c2ccncc2)c1-c1ccc(Cl)cc1. The van der Waals surface area contributed by atoms with Gasteiger partial charge in [0.25, 0.3) is 0 Å². The maximum atomic E-state index is 11.8. The Bertz CT molecular complexity index is 977. The van der Waals surface area contributed by atoms with E-state index >= 15 is 0 Å². The average Bonchev–Trinajstić information content (AvgIpc) is 3.63. The van der Waals surface area contributed by atoms with Crippen LogP contribution in [0.1, 0.15) is 38.4 Å². The van der Waals surface area contributed by atoms with E-state index in [1.165, 1.54) is 0 Å². The molecular formula is C23H24ClN3O. The fraction of sp³-hybridized carbons (Fsp3) is 0.391. The Morgan fingerprint density at radius 3 is 2.14 bits per heavy atom. The maximum Gasteiger partial charge on any atom is 0.142 e. The van der Waals surface area contributed by atoms with Crippen molar-refractivity contribution in [2.24, 2.45) is 11.8 Å². The van der Waals surface area contributed by atoms with Crippen LogP contribution in [0.5, 0.6) is 0 Å². The van der Waals surface area contributed by atoms with E-state index < -0.39 is 5.60 Å². The largest absolute Gasteiger partial charge is 0.381 e. The van der Waals surface area contributed by atoms with Gasteiger partial charge in [-0.3, -0.25) is 4.98 Å². The van der Waals surface area contributed by atoms with Crippen LogP contribution in [-0.2, 0) is 12.1 Å². The molecule has 2 aliphatic rings. The highest BCUT2D eigenvalue weighted by Gasteiger charge is 2.57. The third-order valence-electron chi connectivity index (χ3n) is 6.11. The predicted octanol–water partition coefficient (Wildman–Crippen LogP) is 5.29. The minimum Gasteiger partial charge on any atom is -0.381 e. The first kappa shape index (κ1) is 17.9. The van der Waals surface area contributed by atoms with Crippen molar-refractivity contribution in [3.8, 4) is 22.5 Å². The molecule has 0 aliphatic heterocycles. The van der Waals surface area contributed by atoms with Crippen molar-refractivity contribution < 1.29 is 5.11 Å². The molecule has 0 amide bonds. The van der Waals surface area contributed by atoms with Crippen LogP contribution in [0.3, 0.4) is 0 Å². The fourth-order valence-electron chi connectivity index (χ4n) is 4.42. The lowest BCUT2D eigenvalue weighted by Gasteiger charge is -2.28. The van der Waals surface area contributed by atoms with Crippen LogP contribution in [0.25, 0.3) is 22.5 Å². The van der Waals surface area contributed by atoms with Crippen LogP contribution in [0.2, 0.25) is 5.02 Å². The number of rotatable bonds is 6. The topological polar surface area (TPSA) is 50.9 Å². The second kappa shape index (κ2) is 6.71. The second-order valence-electron chi connectivity index (χ2n) is 7.99. The van der Waals surface area contributed by atoms with Crippen LogP contribution < -0.4 is 0 Å². The molecular weight excluding hydrogens is 370 g/mol. The summed E-state index contributed by atoms with van der Waals surface area (Å²) in [6.45, 7) is 2.88. The molecule has 5 rings (SSSR count). The van der Waals surface area contributed by atoms with Gasteiger partial charge in [-0.15, -0.1) is 0 Å². The third-order valence-corrected chi connectivity index (χ3v) is 6.36. The van der Waals surface area contributed by atoms with Crippen LogP contribution in [0.15, 0.2) is 48.8 Å². The number of nitrogens with zero attached hydrogens (tertiary/aromatic N) is 3. The van der Waals surface area contributed by atoms with Crippen LogP contribution in [0, 0.1) is 11.8 Å². The molecule has 0 radical (unpaired) electrons. The molecule has 0 atom stereocenters. The minimum absolute atomic E-state index is 0.330. The zero-order valence-corrected chi connectivity index (χ0v) is 16.7. The van der Waals surface area contributed by atoms with Crippen molar-refractivity contribution >= 4 is 11.6 Å². The summed E-state index contributed by atoms with van der Waals surface area (Å²) in [6.07, 6.45) is 7.93. The van der Waals surface area contributed by atoms with Crippen LogP contribution in [0.4, 0.5) is 0 Å². The molecule has 2 aromatic heterocycles. The second-order valence-corrected chi connectivity index (χ2v) is 8.43. The number of pyridine rings is 1. The number of aliphatic hydroxyl groups is 1. The molecule has 144 valence electrons. The van der Waals surface area contributed by atoms with Gasteiger partial charge in [0.15, 0.2) is 0 Å². The van der Waals surface area contributed by atoms with E-state index in [1.54, 1.807) is 12.4 Å². The first-order valence-electron chi connectivity index (χ1n) is 10.1. The molecule has 1 aromatic carbocycles. The Balaban J connectivity index is 1.76. The molecule has 3 aromatic rings. The van der Waals surface area contributed by atoms with Crippen molar-refractivity contribution in [2.75, 3.05) is 0 Å². The van der Waals surface area contributed by atoms with Gasteiger partial charge in [0, 0.05) is 35.1 Å². The van der Waals surface area contributed by atoms with Crippen molar-refractivity contribution in [3.05, 3.63) is 59.6 Å². The molecule has 0 saturated heterocycles. The molecule has 28 heavy (non-hydrogen) atoms. The van der Waals surface area contributed by atoms with Gasteiger partial charge in [0.1, 0.15) is 11.4 Å². The van der Waals surface area contributed by atoms with Crippen molar-refractivity contribution in [2.45, 2.75) is 44.8 Å². The van der Waals surface area contributed by atoms with E-state index in [4.69, 9.17) is 16.6 Å². The zero-order chi connectivity index (χ0) is 19.3. The van der Waals surface area contributed by atoms with E-state index in [2.05, 4.69) is 16.5 Å².